The van der Waals surface area contributed by atoms with E-state index >= 15 is 0 Å². The molecule has 0 saturated carbocycles. The lowest BCUT2D eigenvalue weighted by Gasteiger charge is -2.09. The molecule has 3 nitrogen and oxygen atoms in total. The minimum atomic E-state index is -1.05. The van der Waals surface area contributed by atoms with Crippen LogP contribution in [0.4, 0.5) is 0 Å². The van der Waals surface area contributed by atoms with Gasteiger partial charge in [0.1, 0.15) is 5.69 Å². The number of carboxylic acid groups (broad SMARTS) is 1. The van der Waals surface area contributed by atoms with Crippen molar-refractivity contribution in [1.29, 1.82) is 0 Å². The van der Waals surface area contributed by atoms with Gasteiger partial charge >= 0.3 is 5.97 Å². The zero-order valence-corrected chi connectivity index (χ0v) is 11.4. The van der Waals surface area contributed by atoms with E-state index in [0.717, 1.165) is 0 Å². The van der Waals surface area contributed by atoms with Gasteiger partial charge in [-0.05, 0) is 34.1 Å². The van der Waals surface area contributed by atoms with Crippen LogP contribution in [-0.4, -0.2) is 15.6 Å². The number of hydrogen-bond donors (Lipinski definition) is 1. The summed E-state index contributed by atoms with van der Waals surface area (Å²) in [6.45, 7) is 0. The standard InChI is InChI=1S/C11H6BrCl2NO2/c12-10-7(14)2-1-3-8(10)15-5-6(13)4-9(15)11(16)17/h1-5H,(H,16,17). The summed E-state index contributed by atoms with van der Waals surface area (Å²) in [7, 11) is 0. The fourth-order valence-corrected chi connectivity index (χ4v) is 2.30. The monoisotopic (exact) mass is 333 g/mol. The number of carbonyl (C=O) groups is 1. The van der Waals surface area contributed by atoms with Gasteiger partial charge in [-0.2, -0.15) is 0 Å². The summed E-state index contributed by atoms with van der Waals surface area (Å²) >= 11 is 15.1. The predicted octanol–water partition coefficient (Wildman–Crippen LogP) is 4.24. The molecule has 88 valence electrons. The van der Waals surface area contributed by atoms with Crippen LogP contribution in [0.5, 0.6) is 0 Å². The summed E-state index contributed by atoms with van der Waals surface area (Å²) in [5.74, 6) is -1.05. The Bertz CT molecular complexity index is 595. The molecule has 2 aromatic rings. The second-order valence-corrected chi connectivity index (χ2v) is 4.93. The molecule has 0 aliphatic heterocycles. The molecule has 1 aromatic heterocycles. The van der Waals surface area contributed by atoms with Crippen molar-refractivity contribution in [2.45, 2.75) is 0 Å². The number of hydrogen-bond acceptors (Lipinski definition) is 1. The number of rotatable bonds is 2. The van der Waals surface area contributed by atoms with E-state index in [1.807, 2.05) is 0 Å². The van der Waals surface area contributed by atoms with E-state index in [4.69, 9.17) is 28.3 Å². The SMILES string of the molecule is O=C(O)c1cc(Cl)cn1-c1cccc(Cl)c1Br. The molecule has 6 heteroatoms. The topological polar surface area (TPSA) is 42.2 Å². The molecule has 0 aliphatic carbocycles. The first-order valence-corrected chi connectivity index (χ1v) is 6.11. The van der Waals surface area contributed by atoms with Gasteiger partial charge in [0.15, 0.2) is 0 Å². The second kappa shape index (κ2) is 4.72. The molecule has 0 fully saturated rings. The highest BCUT2D eigenvalue weighted by molar-refractivity contribution is 9.10. The fourth-order valence-electron chi connectivity index (χ4n) is 1.47. The average Bonchev–Trinajstić information content (AvgIpc) is 2.64. The van der Waals surface area contributed by atoms with Crippen LogP contribution in [0.25, 0.3) is 5.69 Å². The van der Waals surface area contributed by atoms with E-state index in [0.29, 0.717) is 20.2 Å². The zero-order valence-electron chi connectivity index (χ0n) is 8.32. The fraction of sp³-hybridized carbons (Fsp3) is 0. The van der Waals surface area contributed by atoms with Crippen molar-refractivity contribution >= 4 is 45.1 Å². The predicted molar refractivity (Wildman–Crippen MR) is 70.4 cm³/mol. The molecule has 0 atom stereocenters. The Hall–Kier alpha value is -0.970. The molecular weight excluding hydrogens is 329 g/mol. The Balaban J connectivity index is 2.68. The Morgan fingerprint density at radius 2 is 2.06 bits per heavy atom. The van der Waals surface area contributed by atoms with Crippen molar-refractivity contribution in [2.75, 3.05) is 0 Å². The van der Waals surface area contributed by atoms with Crippen molar-refractivity contribution in [3.63, 3.8) is 0 Å². The maximum atomic E-state index is 11.1. The highest BCUT2D eigenvalue weighted by atomic mass is 79.9. The largest absolute Gasteiger partial charge is 0.477 e. The van der Waals surface area contributed by atoms with Crippen molar-refractivity contribution in [3.05, 3.63) is 50.7 Å². The lowest BCUT2D eigenvalue weighted by atomic mass is 10.3. The number of benzene rings is 1. The first-order chi connectivity index (χ1) is 8.00. The zero-order chi connectivity index (χ0) is 12.6. The van der Waals surface area contributed by atoms with Crippen LogP contribution in [-0.2, 0) is 0 Å². The summed E-state index contributed by atoms with van der Waals surface area (Å²) in [4.78, 5) is 11.1. The van der Waals surface area contributed by atoms with Crippen molar-refractivity contribution < 1.29 is 9.90 Å². The molecule has 17 heavy (non-hydrogen) atoms. The maximum Gasteiger partial charge on any atom is 0.352 e. The van der Waals surface area contributed by atoms with Crippen LogP contribution >= 0.6 is 39.1 Å². The minimum Gasteiger partial charge on any atom is -0.477 e. The molecule has 2 rings (SSSR count). The third-order valence-corrected chi connectivity index (χ3v) is 3.78. The van der Waals surface area contributed by atoms with Gasteiger partial charge in [0.05, 0.1) is 20.2 Å². The first-order valence-electron chi connectivity index (χ1n) is 4.56. The van der Waals surface area contributed by atoms with Gasteiger partial charge in [-0.3, -0.25) is 0 Å². The molecule has 0 bridgehead atoms. The molecule has 1 N–H and O–H groups in total. The van der Waals surface area contributed by atoms with Crippen LogP contribution in [0.1, 0.15) is 10.5 Å². The molecule has 0 amide bonds. The smallest absolute Gasteiger partial charge is 0.352 e. The van der Waals surface area contributed by atoms with Crippen LogP contribution < -0.4 is 0 Å². The first kappa shape index (κ1) is 12.5. The van der Waals surface area contributed by atoms with E-state index < -0.39 is 5.97 Å². The third kappa shape index (κ3) is 2.34. The quantitative estimate of drug-likeness (QED) is 0.892. The van der Waals surface area contributed by atoms with Crippen LogP contribution in [0, 0.1) is 0 Å². The summed E-state index contributed by atoms with van der Waals surface area (Å²) in [6, 6.07) is 6.58. The molecule has 0 spiro atoms. The van der Waals surface area contributed by atoms with Crippen molar-refractivity contribution in [1.82, 2.24) is 4.57 Å². The van der Waals surface area contributed by atoms with Gasteiger partial charge < -0.3 is 9.67 Å². The summed E-state index contributed by atoms with van der Waals surface area (Å²) in [6.07, 6.45) is 1.53. The molecule has 0 radical (unpaired) electrons. The number of aromatic nitrogens is 1. The Morgan fingerprint density at radius 3 is 2.71 bits per heavy atom. The van der Waals surface area contributed by atoms with Crippen LogP contribution in [0.2, 0.25) is 10.0 Å². The summed E-state index contributed by atoms with van der Waals surface area (Å²) < 4.78 is 2.09. The van der Waals surface area contributed by atoms with Gasteiger partial charge in [-0.25, -0.2) is 4.79 Å². The average molecular weight is 335 g/mol. The highest BCUT2D eigenvalue weighted by Crippen LogP contribution is 2.31. The third-order valence-electron chi connectivity index (χ3n) is 2.20. The van der Waals surface area contributed by atoms with Crippen molar-refractivity contribution in [2.24, 2.45) is 0 Å². The Morgan fingerprint density at radius 1 is 1.35 bits per heavy atom. The normalized spacial score (nSPS) is 10.5. The second-order valence-electron chi connectivity index (χ2n) is 3.29. The van der Waals surface area contributed by atoms with E-state index in [1.165, 1.54) is 16.8 Å². The molecule has 0 saturated heterocycles. The molecule has 1 aromatic carbocycles. The van der Waals surface area contributed by atoms with E-state index in [9.17, 15) is 4.79 Å². The maximum absolute atomic E-state index is 11.1. The Kier molecular flexibility index (Phi) is 3.47. The van der Waals surface area contributed by atoms with Gasteiger partial charge in [0.25, 0.3) is 0 Å². The summed E-state index contributed by atoms with van der Waals surface area (Å²) in [5.41, 5.74) is 0.708. The molecule has 0 aliphatic rings. The van der Waals surface area contributed by atoms with E-state index in [1.54, 1.807) is 18.2 Å². The number of carboxylic acids is 1. The van der Waals surface area contributed by atoms with Gasteiger partial charge in [0, 0.05) is 6.20 Å². The summed E-state index contributed by atoms with van der Waals surface area (Å²) in [5, 5.41) is 9.93. The Labute approximate surface area is 116 Å². The van der Waals surface area contributed by atoms with Crippen LogP contribution in [0.3, 0.4) is 0 Å². The number of aromatic carboxylic acids is 1. The number of halogens is 3. The highest BCUT2D eigenvalue weighted by Gasteiger charge is 2.15. The lowest BCUT2D eigenvalue weighted by molar-refractivity contribution is 0.0688. The van der Waals surface area contributed by atoms with E-state index in [2.05, 4.69) is 15.9 Å². The minimum absolute atomic E-state index is 0.0815. The van der Waals surface area contributed by atoms with Gasteiger partial charge in [0.2, 0.25) is 0 Å². The van der Waals surface area contributed by atoms with Crippen LogP contribution in [0.15, 0.2) is 34.9 Å². The lowest BCUT2D eigenvalue weighted by Crippen LogP contribution is -2.06. The van der Waals surface area contributed by atoms with Gasteiger partial charge in [-0.15, -0.1) is 0 Å². The molecule has 1 heterocycles. The molecule has 0 unspecified atom stereocenters. The van der Waals surface area contributed by atoms with E-state index in [-0.39, 0.29) is 5.69 Å². The number of nitrogens with zero attached hydrogens (tertiary/aromatic N) is 1. The molecular formula is C11H6BrCl2NO2. The van der Waals surface area contributed by atoms with Crippen molar-refractivity contribution in [3.8, 4) is 5.69 Å². The van der Waals surface area contributed by atoms with Gasteiger partial charge in [-0.1, -0.05) is 29.3 Å².